The summed E-state index contributed by atoms with van der Waals surface area (Å²) in [6.07, 6.45) is 2.75. The minimum absolute atomic E-state index is 0.169. The molecule has 0 atom stereocenters. The van der Waals surface area contributed by atoms with Crippen molar-refractivity contribution in [3.05, 3.63) is 131 Å². The fourth-order valence-corrected chi connectivity index (χ4v) is 4.40. The van der Waals surface area contributed by atoms with Crippen LogP contribution in [0.1, 0.15) is 16.7 Å². The Kier molecular flexibility index (Phi) is 7.72. The van der Waals surface area contributed by atoms with Crippen LogP contribution < -0.4 is 10.1 Å². The Bertz CT molecular complexity index is 1470. The molecule has 6 heteroatoms. The van der Waals surface area contributed by atoms with Crippen LogP contribution in [-0.4, -0.2) is 22.5 Å². The lowest BCUT2D eigenvalue weighted by Crippen LogP contribution is -2.36. The van der Waals surface area contributed by atoms with Gasteiger partial charge in [-0.1, -0.05) is 72.3 Å². The first-order valence-electron chi connectivity index (χ1n) is 12.3. The van der Waals surface area contributed by atoms with Crippen molar-refractivity contribution in [2.45, 2.75) is 19.6 Å². The molecular weight excluding hydrogens is 482 g/mol. The van der Waals surface area contributed by atoms with Gasteiger partial charge in [-0.2, -0.15) is 0 Å². The first kappa shape index (κ1) is 24.5. The number of ether oxygens (including phenoxy) is 1. The molecule has 2 amide bonds. The fourth-order valence-electron chi connectivity index (χ4n) is 4.28. The number of H-pyrrole nitrogens is 1. The van der Waals surface area contributed by atoms with E-state index < -0.39 is 0 Å². The van der Waals surface area contributed by atoms with E-state index in [-0.39, 0.29) is 6.03 Å². The summed E-state index contributed by atoms with van der Waals surface area (Å²) in [5, 5.41) is 4.81. The Labute approximate surface area is 221 Å². The number of carbonyl (C=O) groups is 1. The van der Waals surface area contributed by atoms with Crippen LogP contribution in [0, 0.1) is 0 Å². The summed E-state index contributed by atoms with van der Waals surface area (Å²) in [5.41, 5.74) is 5.08. The average Bonchev–Trinajstić information content (AvgIpc) is 3.35. The third-order valence-electron chi connectivity index (χ3n) is 6.23. The summed E-state index contributed by atoms with van der Waals surface area (Å²) in [5.74, 6) is 0.774. The van der Waals surface area contributed by atoms with Crippen molar-refractivity contribution in [3.63, 3.8) is 0 Å². The first-order valence-corrected chi connectivity index (χ1v) is 12.6. The number of hydrogen-bond donors (Lipinski definition) is 2. The van der Waals surface area contributed by atoms with E-state index in [0.717, 1.165) is 28.8 Å². The summed E-state index contributed by atoms with van der Waals surface area (Å²) >= 11 is 6.01. The lowest BCUT2D eigenvalue weighted by atomic mass is 10.1. The summed E-state index contributed by atoms with van der Waals surface area (Å²) in [4.78, 5) is 18.5. The zero-order chi connectivity index (χ0) is 25.5. The van der Waals surface area contributed by atoms with Gasteiger partial charge in [0.25, 0.3) is 0 Å². The third kappa shape index (κ3) is 6.51. The molecule has 1 aromatic heterocycles. The molecule has 0 bridgehead atoms. The number of carbonyl (C=O) groups excluding carboxylic acids is 1. The molecule has 0 radical (unpaired) electrons. The van der Waals surface area contributed by atoms with Crippen molar-refractivity contribution >= 4 is 34.2 Å². The van der Waals surface area contributed by atoms with Gasteiger partial charge >= 0.3 is 6.03 Å². The molecule has 1 heterocycles. The Hall–Kier alpha value is -4.22. The topological polar surface area (TPSA) is 57.4 Å². The lowest BCUT2D eigenvalue weighted by Gasteiger charge is -2.24. The second-order valence-electron chi connectivity index (χ2n) is 8.89. The van der Waals surface area contributed by atoms with Gasteiger partial charge in [0, 0.05) is 40.9 Å². The minimum Gasteiger partial charge on any atom is -0.489 e. The zero-order valence-electron chi connectivity index (χ0n) is 20.4. The molecule has 2 N–H and O–H groups in total. The van der Waals surface area contributed by atoms with E-state index in [4.69, 9.17) is 16.3 Å². The molecule has 4 aromatic carbocycles. The fraction of sp³-hybridized carbons (Fsp3) is 0.129. The molecule has 5 rings (SSSR count). The van der Waals surface area contributed by atoms with Crippen LogP contribution in [-0.2, 0) is 19.6 Å². The average molecular weight is 510 g/mol. The minimum atomic E-state index is -0.169. The molecule has 5 aromatic rings. The van der Waals surface area contributed by atoms with Crippen LogP contribution in [0.25, 0.3) is 10.9 Å². The van der Waals surface area contributed by atoms with Crippen molar-refractivity contribution in [2.75, 3.05) is 11.9 Å². The summed E-state index contributed by atoms with van der Waals surface area (Å²) in [6, 6.07) is 33.2. The molecule has 0 saturated carbocycles. The predicted octanol–water partition coefficient (Wildman–Crippen LogP) is 7.68. The maximum Gasteiger partial charge on any atom is 0.322 e. The number of anilines is 1. The van der Waals surface area contributed by atoms with Gasteiger partial charge < -0.3 is 19.9 Å². The van der Waals surface area contributed by atoms with Crippen molar-refractivity contribution < 1.29 is 9.53 Å². The molecule has 0 unspecified atom stereocenters. The number of aromatic amines is 1. The predicted molar refractivity (Wildman–Crippen MR) is 150 cm³/mol. The zero-order valence-corrected chi connectivity index (χ0v) is 21.1. The molecule has 0 spiro atoms. The molecule has 5 nitrogen and oxygen atoms in total. The molecule has 0 saturated heterocycles. The van der Waals surface area contributed by atoms with Gasteiger partial charge in [-0.15, -0.1) is 0 Å². The van der Waals surface area contributed by atoms with Crippen molar-refractivity contribution in [3.8, 4) is 5.75 Å². The van der Waals surface area contributed by atoms with E-state index in [9.17, 15) is 4.79 Å². The Balaban J connectivity index is 1.31. The second-order valence-corrected chi connectivity index (χ2v) is 9.33. The molecule has 0 aliphatic carbocycles. The number of halogens is 1. The van der Waals surface area contributed by atoms with Crippen LogP contribution in [0.5, 0.6) is 5.75 Å². The van der Waals surface area contributed by atoms with Gasteiger partial charge in [-0.05, 0) is 65.6 Å². The highest BCUT2D eigenvalue weighted by molar-refractivity contribution is 6.30. The normalized spacial score (nSPS) is 10.8. The van der Waals surface area contributed by atoms with Crippen molar-refractivity contribution in [1.82, 2.24) is 9.88 Å². The molecule has 186 valence electrons. The monoisotopic (exact) mass is 509 g/mol. The number of urea groups is 1. The number of fused-ring (bicyclic) bond motifs is 1. The van der Waals surface area contributed by atoms with Gasteiger partial charge in [0.05, 0.1) is 0 Å². The number of rotatable bonds is 9. The summed E-state index contributed by atoms with van der Waals surface area (Å²) in [7, 11) is 0. The number of amides is 2. The van der Waals surface area contributed by atoms with E-state index in [0.29, 0.717) is 30.4 Å². The number of nitrogens with one attached hydrogen (secondary N) is 2. The Morgan fingerprint density at radius 1 is 0.865 bits per heavy atom. The highest BCUT2D eigenvalue weighted by Crippen LogP contribution is 2.21. The quantitative estimate of drug-likeness (QED) is 0.214. The smallest absolute Gasteiger partial charge is 0.322 e. The molecule has 0 fully saturated rings. The number of para-hydroxylation sites is 1. The van der Waals surface area contributed by atoms with E-state index in [1.54, 1.807) is 24.3 Å². The second kappa shape index (κ2) is 11.7. The van der Waals surface area contributed by atoms with Gasteiger partial charge in [-0.25, -0.2) is 4.79 Å². The van der Waals surface area contributed by atoms with E-state index in [1.807, 2.05) is 77.8 Å². The Morgan fingerprint density at radius 3 is 2.46 bits per heavy atom. The summed E-state index contributed by atoms with van der Waals surface area (Å²) in [6.45, 7) is 1.49. The maximum absolute atomic E-state index is 13.4. The van der Waals surface area contributed by atoms with Crippen LogP contribution in [0.15, 0.2) is 109 Å². The van der Waals surface area contributed by atoms with Crippen LogP contribution in [0.3, 0.4) is 0 Å². The number of aromatic nitrogens is 1. The van der Waals surface area contributed by atoms with Crippen LogP contribution in [0.4, 0.5) is 10.5 Å². The number of nitrogens with zero attached hydrogens (tertiary/aromatic N) is 1. The van der Waals surface area contributed by atoms with Crippen molar-refractivity contribution in [2.24, 2.45) is 0 Å². The molecule has 37 heavy (non-hydrogen) atoms. The molecular formula is C31H28ClN3O2. The standard InChI is InChI=1S/C31H28ClN3O2/c32-26-13-15-27(16-14-26)34-31(36)35(18-17-25-20-33-30-12-5-4-11-29(25)30)21-24-9-6-10-28(19-24)37-22-23-7-2-1-3-8-23/h1-16,19-20,33H,17-18,21-22H2,(H,34,36). The van der Waals surface area contributed by atoms with Gasteiger partial charge in [0.15, 0.2) is 0 Å². The van der Waals surface area contributed by atoms with Gasteiger partial charge in [0.2, 0.25) is 0 Å². The van der Waals surface area contributed by atoms with Crippen LogP contribution >= 0.6 is 11.6 Å². The van der Waals surface area contributed by atoms with Gasteiger partial charge in [0.1, 0.15) is 12.4 Å². The first-order chi connectivity index (χ1) is 18.1. The third-order valence-corrected chi connectivity index (χ3v) is 6.48. The molecule has 0 aliphatic rings. The van der Waals surface area contributed by atoms with E-state index in [1.165, 1.54) is 10.9 Å². The van der Waals surface area contributed by atoms with Crippen LogP contribution in [0.2, 0.25) is 5.02 Å². The summed E-state index contributed by atoms with van der Waals surface area (Å²) < 4.78 is 6.01. The Morgan fingerprint density at radius 2 is 1.62 bits per heavy atom. The molecule has 0 aliphatic heterocycles. The van der Waals surface area contributed by atoms with E-state index >= 15 is 0 Å². The number of benzene rings is 4. The SMILES string of the molecule is O=C(Nc1ccc(Cl)cc1)N(CCc1c[nH]c2ccccc12)Cc1cccc(OCc2ccccc2)c1. The number of hydrogen-bond acceptors (Lipinski definition) is 2. The highest BCUT2D eigenvalue weighted by Gasteiger charge is 2.16. The van der Waals surface area contributed by atoms with E-state index in [2.05, 4.69) is 22.4 Å². The lowest BCUT2D eigenvalue weighted by molar-refractivity contribution is 0.209. The van der Waals surface area contributed by atoms with Gasteiger partial charge in [-0.3, -0.25) is 0 Å². The van der Waals surface area contributed by atoms with Crippen molar-refractivity contribution in [1.29, 1.82) is 0 Å². The highest BCUT2D eigenvalue weighted by atomic mass is 35.5. The maximum atomic E-state index is 13.4. The largest absolute Gasteiger partial charge is 0.489 e.